The first-order valence-electron chi connectivity index (χ1n) is 8.82. The van der Waals surface area contributed by atoms with E-state index in [1.807, 2.05) is 32.0 Å². The first-order valence-corrected chi connectivity index (χ1v) is 8.82. The van der Waals surface area contributed by atoms with Gasteiger partial charge in [-0.1, -0.05) is 29.8 Å². The Bertz CT molecular complexity index is 827. The van der Waals surface area contributed by atoms with Crippen LogP contribution in [0.15, 0.2) is 42.5 Å². The van der Waals surface area contributed by atoms with Gasteiger partial charge < -0.3 is 4.90 Å². The molecule has 2 aromatic rings. The van der Waals surface area contributed by atoms with Gasteiger partial charge in [-0.25, -0.2) is 4.39 Å². The van der Waals surface area contributed by atoms with Crippen LogP contribution in [-0.2, 0) is 0 Å². The molecule has 1 saturated heterocycles. The van der Waals surface area contributed by atoms with Gasteiger partial charge in [0.1, 0.15) is 5.82 Å². The van der Waals surface area contributed by atoms with Crippen molar-refractivity contribution in [3.05, 3.63) is 70.5 Å². The number of rotatable bonds is 4. The van der Waals surface area contributed by atoms with E-state index in [4.69, 9.17) is 0 Å². The zero-order valence-corrected chi connectivity index (χ0v) is 15.2. The number of benzene rings is 2. The molecule has 0 unspecified atom stereocenters. The monoisotopic (exact) mass is 354 g/mol. The molecule has 0 aromatic heterocycles. The van der Waals surface area contributed by atoms with E-state index in [-0.39, 0.29) is 17.3 Å². The Labute approximate surface area is 153 Å². The summed E-state index contributed by atoms with van der Waals surface area (Å²) in [6.07, 6.45) is 0. The summed E-state index contributed by atoms with van der Waals surface area (Å²) in [5.74, 6) is -0.686. The Kier molecular flexibility index (Phi) is 5.47. The van der Waals surface area contributed by atoms with Crippen LogP contribution in [-0.4, -0.2) is 54.2 Å². The van der Waals surface area contributed by atoms with E-state index in [1.165, 1.54) is 12.1 Å². The first kappa shape index (κ1) is 18.3. The normalized spacial score (nSPS) is 15.1. The number of ketones is 1. The number of carbonyl (C=O) groups is 2. The lowest BCUT2D eigenvalue weighted by Gasteiger charge is -2.34. The van der Waals surface area contributed by atoms with Gasteiger partial charge in [-0.05, 0) is 37.6 Å². The lowest BCUT2D eigenvalue weighted by atomic mass is 10.0. The largest absolute Gasteiger partial charge is 0.336 e. The van der Waals surface area contributed by atoms with Crippen molar-refractivity contribution < 1.29 is 14.0 Å². The highest BCUT2D eigenvalue weighted by Crippen LogP contribution is 2.15. The molecule has 1 aliphatic heterocycles. The van der Waals surface area contributed by atoms with Gasteiger partial charge in [0.05, 0.1) is 12.1 Å². The lowest BCUT2D eigenvalue weighted by Crippen LogP contribution is -2.50. The van der Waals surface area contributed by atoms with E-state index >= 15 is 0 Å². The van der Waals surface area contributed by atoms with Gasteiger partial charge in [0.15, 0.2) is 5.78 Å². The molecule has 0 spiro atoms. The van der Waals surface area contributed by atoms with E-state index in [2.05, 4.69) is 4.90 Å². The summed E-state index contributed by atoms with van der Waals surface area (Å²) < 4.78 is 13.8. The summed E-state index contributed by atoms with van der Waals surface area (Å²) in [7, 11) is 0. The predicted molar refractivity (Wildman–Crippen MR) is 99.0 cm³/mol. The van der Waals surface area contributed by atoms with Gasteiger partial charge in [-0.15, -0.1) is 0 Å². The smallest absolute Gasteiger partial charge is 0.256 e. The molecule has 3 rings (SSSR count). The van der Waals surface area contributed by atoms with Crippen molar-refractivity contribution in [1.82, 2.24) is 9.80 Å². The summed E-state index contributed by atoms with van der Waals surface area (Å²) in [5, 5.41) is 0. The van der Waals surface area contributed by atoms with Gasteiger partial charge in [0, 0.05) is 31.7 Å². The summed E-state index contributed by atoms with van der Waals surface area (Å²) in [6.45, 7) is 6.46. The average Bonchev–Trinajstić information content (AvgIpc) is 2.64. The van der Waals surface area contributed by atoms with Crippen LogP contribution in [0, 0.1) is 19.7 Å². The maximum Gasteiger partial charge on any atom is 0.256 e. The number of Topliss-reactive ketones (excluding diaryl/α,β-unsaturated/α-hetero) is 1. The van der Waals surface area contributed by atoms with Gasteiger partial charge >= 0.3 is 0 Å². The molecule has 1 amide bonds. The standard InChI is InChI=1S/C21H23FN2O2/c1-15-7-8-16(2)18(13-15)20(25)14-23-9-11-24(12-10-23)21(26)17-5-3-4-6-19(17)22/h3-8,13H,9-12,14H2,1-2H3. The molecular formula is C21H23FN2O2. The van der Waals surface area contributed by atoms with Crippen molar-refractivity contribution in [2.45, 2.75) is 13.8 Å². The number of carbonyl (C=O) groups excluding carboxylic acids is 2. The van der Waals surface area contributed by atoms with Crippen LogP contribution in [0.3, 0.4) is 0 Å². The van der Waals surface area contributed by atoms with E-state index in [0.29, 0.717) is 32.7 Å². The third-order valence-corrected chi connectivity index (χ3v) is 4.82. The highest BCUT2D eigenvalue weighted by molar-refractivity contribution is 5.99. The highest BCUT2D eigenvalue weighted by Gasteiger charge is 2.25. The van der Waals surface area contributed by atoms with Gasteiger partial charge in [0.2, 0.25) is 0 Å². The third-order valence-electron chi connectivity index (χ3n) is 4.82. The molecule has 5 heteroatoms. The molecule has 1 heterocycles. The molecule has 1 aliphatic rings. The van der Waals surface area contributed by atoms with Crippen molar-refractivity contribution in [2.24, 2.45) is 0 Å². The van der Waals surface area contributed by atoms with Crippen LogP contribution in [0.1, 0.15) is 31.8 Å². The lowest BCUT2D eigenvalue weighted by molar-refractivity contribution is 0.0620. The number of hydrogen-bond donors (Lipinski definition) is 0. The number of aryl methyl sites for hydroxylation is 2. The summed E-state index contributed by atoms with van der Waals surface area (Å²) in [5.41, 5.74) is 2.91. The Morgan fingerprint density at radius 3 is 2.35 bits per heavy atom. The Hall–Kier alpha value is -2.53. The van der Waals surface area contributed by atoms with E-state index in [9.17, 15) is 14.0 Å². The molecule has 0 atom stereocenters. The second kappa shape index (κ2) is 7.79. The third kappa shape index (κ3) is 3.99. The highest BCUT2D eigenvalue weighted by atomic mass is 19.1. The van der Waals surface area contributed by atoms with Crippen molar-refractivity contribution in [3.8, 4) is 0 Å². The van der Waals surface area contributed by atoms with Crippen LogP contribution in [0.5, 0.6) is 0 Å². The SMILES string of the molecule is Cc1ccc(C)c(C(=O)CN2CCN(C(=O)c3ccccc3F)CC2)c1. The molecule has 26 heavy (non-hydrogen) atoms. The molecule has 0 aliphatic carbocycles. The number of halogens is 1. The van der Waals surface area contributed by atoms with E-state index in [0.717, 1.165) is 16.7 Å². The van der Waals surface area contributed by atoms with Gasteiger partial charge in [-0.2, -0.15) is 0 Å². The Balaban J connectivity index is 1.59. The van der Waals surface area contributed by atoms with Crippen molar-refractivity contribution in [3.63, 3.8) is 0 Å². The second-order valence-corrected chi connectivity index (χ2v) is 6.79. The van der Waals surface area contributed by atoms with Gasteiger partial charge in [-0.3, -0.25) is 14.5 Å². The van der Waals surface area contributed by atoms with Crippen molar-refractivity contribution in [1.29, 1.82) is 0 Å². The zero-order chi connectivity index (χ0) is 18.7. The number of piperazine rings is 1. The number of nitrogens with zero attached hydrogens (tertiary/aromatic N) is 2. The summed E-state index contributed by atoms with van der Waals surface area (Å²) >= 11 is 0. The van der Waals surface area contributed by atoms with Crippen LogP contribution >= 0.6 is 0 Å². The van der Waals surface area contributed by atoms with Crippen LogP contribution in [0.25, 0.3) is 0 Å². The maximum atomic E-state index is 13.8. The number of amides is 1. The minimum atomic E-state index is -0.495. The number of hydrogen-bond acceptors (Lipinski definition) is 3. The molecule has 0 bridgehead atoms. The fraction of sp³-hybridized carbons (Fsp3) is 0.333. The predicted octanol–water partition coefficient (Wildman–Crippen LogP) is 3.08. The van der Waals surface area contributed by atoms with E-state index < -0.39 is 5.82 Å². The minimum absolute atomic E-state index is 0.0973. The van der Waals surface area contributed by atoms with Crippen LogP contribution in [0.2, 0.25) is 0 Å². The summed E-state index contributed by atoms with van der Waals surface area (Å²) in [6, 6.07) is 11.9. The van der Waals surface area contributed by atoms with Gasteiger partial charge in [0.25, 0.3) is 5.91 Å². The zero-order valence-electron chi connectivity index (χ0n) is 15.2. The Morgan fingerprint density at radius 1 is 0.962 bits per heavy atom. The topological polar surface area (TPSA) is 40.6 Å². The Morgan fingerprint density at radius 2 is 1.65 bits per heavy atom. The fourth-order valence-corrected chi connectivity index (χ4v) is 3.24. The van der Waals surface area contributed by atoms with Crippen molar-refractivity contribution >= 4 is 11.7 Å². The molecule has 0 radical (unpaired) electrons. The molecule has 0 saturated carbocycles. The molecule has 136 valence electrons. The van der Waals surface area contributed by atoms with Crippen molar-refractivity contribution in [2.75, 3.05) is 32.7 Å². The minimum Gasteiger partial charge on any atom is -0.336 e. The van der Waals surface area contributed by atoms with Crippen LogP contribution in [0.4, 0.5) is 4.39 Å². The summed E-state index contributed by atoms with van der Waals surface area (Å²) in [4.78, 5) is 28.8. The molecule has 1 fully saturated rings. The first-order chi connectivity index (χ1) is 12.5. The van der Waals surface area contributed by atoms with Crippen LogP contribution < -0.4 is 0 Å². The molecule has 2 aromatic carbocycles. The average molecular weight is 354 g/mol. The fourth-order valence-electron chi connectivity index (χ4n) is 3.24. The second-order valence-electron chi connectivity index (χ2n) is 6.79. The van der Waals surface area contributed by atoms with E-state index in [1.54, 1.807) is 17.0 Å². The maximum absolute atomic E-state index is 13.8. The molecular weight excluding hydrogens is 331 g/mol. The molecule has 0 N–H and O–H groups in total. The molecule has 4 nitrogen and oxygen atoms in total. The quantitative estimate of drug-likeness (QED) is 0.793.